The number of benzene rings is 1. The van der Waals surface area contributed by atoms with Crippen LogP contribution in [0.2, 0.25) is 0 Å². The van der Waals surface area contributed by atoms with E-state index >= 15 is 0 Å². The highest BCUT2D eigenvalue weighted by atomic mass is 16.3. The molecule has 2 N–H and O–H groups in total. The molecular weight excluding hydrogens is 262 g/mol. The molecule has 114 valence electrons. The number of oxazole rings is 1. The van der Waals surface area contributed by atoms with Crippen molar-refractivity contribution in [1.82, 2.24) is 9.88 Å². The Morgan fingerprint density at radius 3 is 2.62 bits per heavy atom. The van der Waals surface area contributed by atoms with Gasteiger partial charge >= 0.3 is 0 Å². The molecule has 0 amide bonds. The predicted octanol–water partition coefficient (Wildman–Crippen LogP) is 3.81. The van der Waals surface area contributed by atoms with E-state index in [2.05, 4.69) is 23.7 Å². The minimum Gasteiger partial charge on any atom is -0.439 e. The molecule has 0 atom stereocenters. The Hall–Kier alpha value is -1.55. The molecule has 1 aromatic carbocycles. The maximum absolute atomic E-state index is 5.82. The molecule has 0 bridgehead atoms. The quantitative estimate of drug-likeness (QED) is 0.869. The van der Waals surface area contributed by atoms with Crippen LogP contribution in [0.1, 0.15) is 45.4 Å². The summed E-state index contributed by atoms with van der Waals surface area (Å²) in [7, 11) is 0. The van der Waals surface area contributed by atoms with Gasteiger partial charge in [0.05, 0.1) is 6.54 Å². The van der Waals surface area contributed by atoms with Gasteiger partial charge in [-0.2, -0.15) is 0 Å². The van der Waals surface area contributed by atoms with Crippen molar-refractivity contribution >= 4 is 16.8 Å². The van der Waals surface area contributed by atoms with Crippen LogP contribution in [0.25, 0.3) is 11.1 Å². The number of piperidine rings is 1. The number of nitrogen functional groups attached to an aromatic ring is 1. The first kappa shape index (κ1) is 14.4. The van der Waals surface area contributed by atoms with E-state index < -0.39 is 0 Å². The van der Waals surface area contributed by atoms with Crippen LogP contribution >= 0.6 is 0 Å². The van der Waals surface area contributed by atoms with Gasteiger partial charge in [0.25, 0.3) is 0 Å². The fraction of sp³-hybridized carbons (Fsp3) is 0.588. The van der Waals surface area contributed by atoms with Gasteiger partial charge in [0.15, 0.2) is 5.58 Å². The molecule has 1 aromatic heterocycles. The van der Waals surface area contributed by atoms with E-state index in [4.69, 9.17) is 10.2 Å². The fourth-order valence-electron chi connectivity index (χ4n) is 3.39. The van der Waals surface area contributed by atoms with E-state index in [-0.39, 0.29) is 0 Å². The maximum atomic E-state index is 5.82. The highest BCUT2D eigenvalue weighted by molar-refractivity contribution is 5.76. The summed E-state index contributed by atoms with van der Waals surface area (Å²) in [5.41, 5.74) is 8.75. The fourth-order valence-corrected chi connectivity index (χ4v) is 3.39. The van der Waals surface area contributed by atoms with Crippen LogP contribution in [0.4, 0.5) is 5.69 Å². The number of fused-ring (bicyclic) bond motifs is 1. The Kier molecular flexibility index (Phi) is 3.89. The number of hydrogen-bond donors (Lipinski definition) is 1. The van der Waals surface area contributed by atoms with Gasteiger partial charge in [0, 0.05) is 11.8 Å². The smallest absolute Gasteiger partial charge is 0.209 e. The van der Waals surface area contributed by atoms with Crippen molar-refractivity contribution in [2.75, 3.05) is 18.8 Å². The molecule has 4 nitrogen and oxygen atoms in total. The van der Waals surface area contributed by atoms with Crippen molar-refractivity contribution in [1.29, 1.82) is 0 Å². The Bertz CT molecular complexity index is 606. The number of hydrogen-bond acceptors (Lipinski definition) is 4. The molecule has 21 heavy (non-hydrogen) atoms. The minimum atomic E-state index is 0.562. The first-order chi connectivity index (χ1) is 10.1. The topological polar surface area (TPSA) is 55.3 Å². The Morgan fingerprint density at radius 1 is 1.24 bits per heavy atom. The van der Waals surface area contributed by atoms with Crippen molar-refractivity contribution in [3.05, 3.63) is 24.1 Å². The Balaban J connectivity index is 1.66. The second kappa shape index (κ2) is 5.68. The molecule has 2 aromatic rings. The highest BCUT2D eigenvalue weighted by Gasteiger charge is 2.31. The summed E-state index contributed by atoms with van der Waals surface area (Å²) in [5.74, 6) is 0.802. The van der Waals surface area contributed by atoms with E-state index in [1.165, 1.54) is 25.7 Å². The average molecular weight is 287 g/mol. The summed E-state index contributed by atoms with van der Waals surface area (Å²) in [4.78, 5) is 7.02. The number of anilines is 1. The van der Waals surface area contributed by atoms with Crippen molar-refractivity contribution < 1.29 is 4.42 Å². The first-order valence-corrected chi connectivity index (χ1v) is 8.01. The molecule has 0 aliphatic carbocycles. The van der Waals surface area contributed by atoms with Gasteiger partial charge in [-0.05, 0) is 43.5 Å². The van der Waals surface area contributed by atoms with Gasteiger partial charge in [-0.1, -0.05) is 26.7 Å². The zero-order valence-corrected chi connectivity index (χ0v) is 13.1. The molecule has 0 radical (unpaired) electrons. The zero-order chi connectivity index (χ0) is 14.9. The van der Waals surface area contributed by atoms with Crippen LogP contribution in [0.15, 0.2) is 22.6 Å². The van der Waals surface area contributed by atoms with E-state index in [9.17, 15) is 0 Å². The molecule has 0 saturated carbocycles. The average Bonchev–Trinajstić information content (AvgIpc) is 2.90. The van der Waals surface area contributed by atoms with Gasteiger partial charge in [-0.3, -0.25) is 4.90 Å². The molecule has 0 unspecified atom stereocenters. The summed E-state index contributed by atoms with van der Waals surface area (Å²) >= 11 is 0. The highest BCUT2D eigenvalue weighted by Crippen LogP contribution is 2.38. The second-order valence-electron chi connectivity index (χ2n) is 6.32. The monoisotopic (exact) mass is 287 g/mol. The SMILES string of the molecule is CCC1(CC)CCN(Cc2nc3ccc(N)cc3o2)CC1. The zero-order valence-electron chi connectivity index (χ0n) is 13.1. The third-order valence-corrected chi connectivity index (χ3v) is 5.23. The molecule has 3 rings (SSSR count). The van der Waals surface area contributed by atoms with Crippen LogP contribution in [0, 0.1) is 5.41 Å². The largest absolute Gasteiger partial charge is 0.439 e. The van der Waals surface area contributed by atoms with Gasteiger partial charge in [-0.25, -0.2) is 4.98 Å². The van der Waals surface area contributed by atoms with Crippen molar-refractivity contribution in [2.24, 2.45) is 5.41 Å². The second-order valence-corrected chi connectivity index (χ2v) is 6.32. The molecular formula is C17H25N3O. The number of rotatable bonds is 4. The lowest BCUT2D eigenvalue weighted by atomic mass is 9.74. The lowest BCUT2D eigenvalue weighted by molar-refractivity contribution is 0.0855. The van der Waals surface area contributed by atoms with E-state index in [0.29, 0.717) is 5.41 Å². The van der Waals surface area contributed by atoms with E-state index in [1.807, 2.05) is 18.2 Å². The summed E-state index contributed by atoms with van der Waals surface area (Å²) in [6.45, 7) is 7.73. The third kappa shape index (κ3) is 2.91. The van der Waals surface area contributed by atoms with Crippen LogP contribution in [0.3, 0.4) is 0 Å². The Morgan fingerprint density at radius 2 is 1.95 bits per heavy atom. The summed E-state index contributed by atoms with van der Waals surface area (Å²) in [6, 6.07) is 5.64. The molecule has 1 fully saturated rings. The lowest BCUT2D eigenvalue weighted by Gasteiger charge is -2.40. The van der Waals surface area contributed by atoms with Crippen LogP contribution in [-0.4, -0.2) is 23.0 Å². The summed E-state index contributed by atoms with van der Waals surface area (Å²) in [6.07, 6.45) is 5.15. The predicted molar refractivity (Wildman–Crippen MR) is 85.9 cm³/mol. The van der Waals surface area contributed by atoms with Gasteiger partial charge in [0.2, 0.25) is 5.89 Å². The molecule has 1 aliphatic heterocycles. The number of aromatic nitrogens is 1. The standard InChI is InChI=1S/C17H25N3O/c1-3-17(4-2)7-9-20(10-8-17)12-16-19-14-6-5-13(18)11-15(14)21-16/h5-6,11H,3-4,7-10,12,18H2,1-2H3. The third-order valence-electron chi connectivity index (χ3n) is 5.23. The normalized spacial score (nSPS) is 19.1. The van der Waals surface area contributed by atoms with Crippen LogP contribution < -0.4 is 5.73 Å². The first-order valence-electron chi connectivity index (χ1n) is 8.01. The van der Waals surface area contributed by atoms with Crippen molar-refractivity contribution in [2.45, 2.75) is 46.1 Å². The molecule has 2 heterocycles. The van der Waals surface area contributed by atoms with Gasteiger partial charge < -0.3 is 10.2 Å². The number of nitrogens with two attached hydrogens (primary N) is 1. The van der Waals surface area contributed by atoms with Crippen molar-refractivity contribution in [3.8, 4) is 0 Å². The summed E-state index contributed by atoms with van der Waals surface area (Å²) < 4.78 is 5.82. The molecule has 0 spiro atoms. The summed E-state index contributed by atoms with van der Waals surface area (Å²) in [5, 5.41) is 0. The molecule has 1 saturated heterocycles. The number of likely N-dealkylation sites (tertiary alicyclic amines) is 1. The molecule has 1 aliphatic rings. The minimum absolute atomic E-state index is 0.562. The van der Waals surface area contributed by atoms with E-state index in [0.717, 1.165) is 42.3 Å². The van der Waals surface area contributed by atoms with Crippen molar-refractivity contribution in [3.63, 3.8) is 0 Å². The van der Waals surface area contributed by atoms with E-state index in [1.54, 1.807) is 0 Å². The lowest BCUT2D eigenvalue weighted by Crippen LogP contribution is -2.39. The van der Waals surface area contributed by atoms with Gasteiger partial charge in [0.1, 0.15) is 5.52 Å². The number of nitrogens with zero attached hydrogens (tertiary/aromatic N) is 2. The maximum Gasteiger partial charge on any atom is 0.209 e. The Labute approximate surface area is 126 Å². The molecule has 4 heteroatoms. The van der Waals surface area contributed by atoms with Crippen LogP contribution in [-0.2, 0) is 6.54 Å². The van der Waals surface area contributed by atoms with Gasteiger partial charge in [-0.15, -0.1) is 0 Å². The van der Waals surface area contributed by atoms with Crippen LogP contribution in [0.5, 0.6) is 0 Å².